The van der Waals surface area contributed by atoms with Crippen LogP contribution < -0.4 is 10.5 Å². The number of aromatic nitrogens is 2. The Morgan fingerprint density at radius 1 is 0.791 bits per heavy atom. The quantitative estimate of drug-likeness (QED) is 0.281. The van der Waals surface area contributed by atoms with Crippen LogP contribution in [0.5, 0.6) is 0 Å². The number of allylic oxidation sites excluding steroid dienone is 4. The van der Waals surface area contributed by atoms with Crippen LogP contribution in [0.1, 0.15) is 49.7 Å². The highest BCUT2D eigenvalue weighted by Crippen LogP contribution is 2.40. The van der Waals surface area contributed by atoms with Crippen molar-refractivity contribution < 1.29 is 4.79 Å². The molecule has 2 amide bonds. The Labute approximate surface area is 252 Å². The van der Waals surface area contributed by atoms with E-state index < -0.39 is 0 Å². The number of benzene rings is 3. The van der Waals surface area contributed by atoms with E-state index in [9.17, 15) is 9.59 Å². The highest BCUT2D eigenvalue weighted by atomic mass is 16.2. The third-order valence-corrected chi connectivity index (χ3v) is 9.45. The van der Waals surface area contributed by atoms with Crippen molar-refractivity contribution in [3.8, 4) is 0 Å². The Morgan fingerprint density at radius 2 is 1.60 bits per heavy atom. The lowest BCUT2D eigenvalue weighted by molar-refractivity contribution is 0.141. The van der Waals surface area contributed by atoms with Crippen molar-refractivity contribution in [3.63, 3.8) is 0 Å². The minimum Gasteiger partial charge on any atom is -0.368 e. The molecule has 0 saturated carbocycles. The van der Waals surface area contributed by atoms with Gasteiger partial charge in [-0.25, -0.2) is 9.78 Å². The summed E-state index contributed by atoms with van der Waals surface area (Å²) < 4.78 is 0. The lowest BCUT2D eigenvalue weighted by Gasteiger charge is -2.39. The Bertz CT molecular complexity index is 1770. The van der Waals surface area contributed by atoms with Gasteiger partial charge in [0.2, 0.25) is 0 Å². The van der Waals surface area contributed by atoms with Crippen LogP contribution in [0.2, 0.25) is 0 Å². The molecule has 2 aliphatic carbocycles. The summed E-state index contributed by atoms with van der Waals surface area (Å²) in [7, 11) is 0. The van der Waals surface area contributed by atoms with Crippen LogP contribution in [0.25, 0.3) is 27.2 Å². The first-order valence-corrected chi connectivity index (χ1v) is 15.8. The Kier molecular flexibility index (Phi) is 7.71. The molecule has 1 aromatic heterocycles. The fraction of sp³-hybridized carbons (Fsp3) is 0.361. The molecule has 2 aliphatic heterocycles. The van der Waals surface area contributed by atoms with Gasteiger partial charge in [0, 0.05) is 45.0 Å². The third-order valence-electron chi connectivity index (χ3n) is 9.45. The molecule has 7 heteroatoms. The number of amides is 2. The number of carbonyl (C=O) groups is 1. The first-order valence-electron chi connectivity index (χ1n) is 15.8. The molecular formula is C36H39N5O2. The summed E-state index contributed by atoms with van der Waals surface area (Å²) in [6.45, 7) is 5.33. The zero-order chi connectivity index (χ0) is 29.2. The number of piperidine rings is 1. The summed E-state index contributed by atoms with van der Waals surface area (Å²) >= 11 is 0. The standard InChI is InChI=1S/C28H33N3O.C8H6N2O/c32-28(30-14-4-1-5-15-30)31-18-16-29(17-19-31)23-10-13-25-22(20-23)9-12-26-24-7-3-2-6-21(24)8-11-27(25)26;11-8-6-3-1-2-4-7(6)9-5-10-8/h3,7,9-10,12-13,20H,1-2,4-6,8,11,14-19H2;1-5H,(H,9,10,11). The number of fused-ring (bicyclic) bond motifs is 5. The van der Waals surface area contributed by atoms with E-state index in [0.717, 1.165) is 64.0 Å². The number of para-hydroxylation sites is 1. The van der Waals surface area contributed by atoms with Crippen LogP contribution in [0.4, 0.5) is 10.5 Å². The maximum absolute atomic E-state index is 12.8. The molecule has 2 fully saturated rings. The topological polar surface area (TPSA) is 72.5 Å². The third kappa shape index (κ3) is 5.56. The van der Waals surface area contributed by atoms with Gasteiger partial charge in [0.15, 0.2) is 0 Å². The lowest BCUT2D eigenvalue weighted by atomic mass is 9.79. The molecule has 2 saturated heterocycles. The number of anilines is 1. The fourth-order valence-electron chi connectivity index (χ4n) is 7.08. The van der Waals surface area contributed by atoms with Gasteiger partial charge in [0.1, 0.15) is 0 Å². The number of likely N-dealkylation sites (tertiary alicyclic amines) is 1. The van der Waals surface area contributed by atoms with Crippen molar-refractivity contribution in [1.82, 2.24) is 19.8 Å². The van der Waals surface area contributed by atoms with Crippen LogP contribution >= 0.6 is 0 Å². The minimum absolute atomic E-state index is 0.0874. The average Bonchev–Trinajstić information content (AvgIpc) is 3.08. The van der Waals surface area contributed by atoms with E-state index in [2.05, 4.69) is 67.2 Å². The lowest BCUT2D eigenvalue weighted by Crippen LogP contribution is -2.53. The van der Waals surface area contributed by atoms with Crippen molar-refractivity contribution >= 4 is 39.0 Å². The Balaban J connectivity index is 0.000000229. The molecule has 220 valence electrons. The average molecular weight is 574 g/mol. The minimum atomic E-state index is -0.0874. The van der Waals surface area contributed by atoms with E-state index in [1.165, 1.54) is 65.2 Å². The molecule has 3 heterocycles. The predicted molar refractivity (Wildman–Crippen MR) is 175 cm³/mol. The number of nitrogens with one attached hydrogen (secondary N) is 1. The van der Waals surface area contributed by atoms with E-state index in [0.29, 0.717) is 5.39 Å². The first-order chi connectivity index (χ1) is 21.2. The van der Waals surface area contributed by atoms with Crippen molar-refractivity contribution in [1.29, 1.82) is 0 Å². The zero-order valence-electron chi connectivity index (χ0n) is 24.7. The van der Waals surface area contributed by atoms with E-state index >= 15 is 0 Å². The Morgan fingerprint density at radius 3 is 2.44 bits per heavy atom. The summed E-state index contributed by atoms with van der Waals surface area (Å²) in [6, 6.07) is 19.1. The molecule has 43 heavy (non-hydrogen) atoms. The van der Waals surface area contributed by atoms with Crippen molar-refractivity contribution in [2.75, 3.05) is 44.2 Å². The number of rotatable bonds is 1. The molecule has 4 aliphatic rings. The molecular weight excluding hydrogens is 534 g/mol. The summed E-state index contributed by atoms with van der Waals surface area (Å²) in [5.74, 6) is 0. The van der Waals surface area contributed by atoms with Crippen LogP contribution in [0.15, 0.2) is 83.4 Å². The number of H-pyrrole nitrogens is 1. The van der Waals surface area contributed by atoms with E-state index in [1.54, 1.807) is 11.6 Å². The molecule has 0 bridgehead atoms. The second-order valence-electron chi connectivity index (χ2n) is 12.0. The molecule has 1 N–H and O–H groups in total. The fourth-order valence-corrected chi connectivity index (χ4v) is 7.08. The van der Waals surface area contributed by atoms with E-state index in [-0.39, 0.29) is 11.6 Å². The normalized spacial score (nSPS) is 18.3. The Hall–Kier alpha value is -4.39. The molecule has 7 nitrogen and oxygen atoms in total. The monoisotopic (exact) mass is 573 g/mol. The van der Waals surface area contributed by atoms with Gasteiger partial charge < -0.3 is 19.7 Å². The molecule has 0 spiro atoms. The molecule has 4 aromatic rings. The van der Waals surface area contributed by atoms with E-state index in [1.807, 2.05) is 18.2 Å². The number of carbonyl (C=O) groups excluding carboxylic acids is 1. The van der Waals surface area contributed by atoms with Gasteiger partial charge in [0.05, 0.1) is 17.2 Å². The maximum Gasteiger partial charge on any atom is 0.320 e. The van der Waals surface area contributed by atoms with Gasteiger partial charge in [-0.3, -0.25) is 4.79 Å². The van der Waals surface area contributed by atoms with Crippen LogP contribution in [0, 0.1) is 0 Å². The van der Waals surface area contributed by atoms with Gasteiger partial charge >= 0.3 is 6.03 Å². The summed E-state index contributed by atoms with van der Waals surface area (Å²) in [5.41, 5.74) is 8.04. The van der Waals surface area contributed by atoms with Gasteiger partial charge in [-0.15, -0.1) is 0 Å². The van der Waals surface area contributed by atoms with Crippen LogP contribution in [0.3, 0.4) is 0 Å². The second-order valence-corrected chi connectivity index (χ2v) is 12.0. The number of urea groups is 1. The zero-order valence-corrected chi connectivity index (χ0v) is 24.7. The largest absolute Gasteiger partial charge is 0.368 e. The summed E-state index contributed by atoms with van der Waals surface area (Å²) in [5, 5.41) is 3.39. The smallest absolute Gasteiger partial charge is 0.320 e. The SMILES string of the molecule is O=C(N1CCCCC1)N1CCN(c2ccc3c4c(ccc3c2)C2=C(CCC=C2)CC4)CC1.O=c1[nH]cnc2ccccc12. The number of aromatic amines is 1. The van der Waals surface area contributed by atoms with Crippen molar-refractivity contribution in [3.05, 3.63) is 100 Å². The van der Waals surface area contributed by atoms with E-state index in [4.69, 9.17) is 0 Å². The number of piperazine rings is 1. The number of hydrogen-bond donors (Lipinski definition) is 1. The van der Waals surface area contributed by atoms with Gasteiger partial charge in [-0.2, -0.15) is 0 Å². The number of hydrogen-bond acceptors (Lipinski definition) is 4. The maximum atomic E-state index is 12.8. The highest BCUT2D eigenvalue weighted by Gasteiger charge is 2.27. The molecule has 0 radical (unpaired) electrons. The number of nitrogens with zero attached hydrogens (tertiary/aromatic N) is 4. The first kappa shape index (κ1) is 27.4. The van der Waals surface area contributed by atoms with Gasteiger partial charge in [-0.1, -0.05) is 48.1 Å². The highest BCUT2D eigenvalue weighted by molar-refractivity contribution is 5.95. The second kappa shape index (κ2) is 12.1. The summed E-state index contributed by atoms with van der Waals surface area (Å²) in [4.78, 5) is 37.0. The van der Waals surface area contributed by atoms with Gasteiger partial charge in [0.25, 0.3) is 5.56 Å². The predicted octanol–water partition coefficient (Wildman–Crippen LogP) is 6.54. The molecule has 0 atom stereocenters. The van der Waals surface area contributed by atoms with Gasteiger partial charge in [-0.05, 0) is 96.7 Å². The molecule has 8 rings (SSSR count). The van der Waals surface area contributed by atoms with Crippen molar-refractivity contribution in [2.24, 2.45) is 0 Å². The van der Waals surface area contributed by atoms with Crippen molar-refractivity contribution in [2.45, 2.75) is 44.9 Å². The molecule has 0 unspecified atom stereocenters. The summed E-state index contributed by atoms with van der Waals surface area (Å²) in [6.07, 6.45) is 14.5. The molecule has 3 aromatic carbocycles. The van der Waals surface area contributed by atoms with Crippen LogP contribution in [-0.2, 0) is 6.42 Å². The van der Waals surface area contributed by atoms with Crippen LogP contribution in [-0.4, -0.2) is 65.1 Å². The number of aryl methyl sites for hydroxylation is 1.